The predicted molar refractivity (Wildman–Crippen MR) is 78.8 cm³/mol. The Bertz CT molecular complexity index is 711. The zero-order chi connectivity index (χ0) is 16.1. The molecule has 1 aromatic heterocycles. The van der Waals surface area contributed by atoms with E-state index in [-0.39, 0.29) is 41.2 Å². The van der Waals surface area contributed by atoms with Crippen molar-refractivity contribution in [2.75, 3.05) is 13.1 Å². The van der Waals surface area contributed by atoms with Gasteiger partial charge in [0, 0.05) is 43.0 Å². The number of fused-ring (bicyclic) bond motifs is 1. The molecule has 3 atom stereocenters. The molecule has 7 nitrogen and oxygen atoms in total. The molecule has 3 aliphatic rings. The van der Waals surface area contributed by atoms with Gasteiger partial charge >= 0.3 is 5.63 Å². The van der Waals surface area contributed by atoms with E-state index in [1.807, 2.05) is 0 Å². The largest absolute Gasteiger partial charge is 0.508 e. The molecule has 2 N–H and O–H groups in total. The third-order valence-electron chi connectivity index (χ3n) is 5.23. The second-order valence-corrected chi connectivity index (χ2v) is 6.70. The average Bonchev–Trinajstić information content (AvgIpc) is 2.89. The van der Waals surface area contributed by atoms with Crippen LogP contribution in [0.3, 0.4) is 0 Å². The Morgan fingerprint density at radius 3 is 2.48 bits per heavy atom. The number of piperidine rings is 1. The number of likely N-dealkylation sites (tertiary alicyclic amines) is 1. The monoisotopic (exact) mass is 318 g/mol. The molecular formula is C16H18N2O5. The highest BCUT2D eigenvalue weighted by Gasteiger charge is 2.58. The summed E-state index contributed by atoms with van der Waals surface area (Å²) in [6.07, 6.45) is 3.09. The molecule has 2 amide bonds. The number of hydrogen-bond donors (Lipinski definition) is 2. The summed E-state index contributed by atoms with van der Waals surface area (Å²) in [5, 5.41) is 12.5. The molecule has 2 saturated carbocycles. The van der Waals surface area contributed by atoms with Crippen molar-refractivity contribution < 1.29 is 19.1 Å². The van der Waals surface area contributed by atoms with Crippen molar-refractivity contribution in [2.45, 2.75) is 25.3 Å². The fourth-order valence-corrected chi connectivity index (χ4v) is 3.58. The zero-order valence-electron chi connectivity index (χ0n) is 12.5. The van der Waals surface area contributed by atoms with Crippen molar-refractivity contribution in [3.8, 4) is 5.75 Å². The molecule has 0 bridgehead atoms. The molecule has 1 unspecified atom stereocenters. The molecular weight excluding hydrogens is 300 g/mol. The van der Waals surface area contributed by atoms with Crippen LogP contribution in [0, 0.1) is 17.8 Å². The quantitative estimate of drug-likeness (QED) is 0.837. The molecule has 1 aromatic rings. The van der Waals surface area contributed by atoms with E-state index in [0.717, 1.165) is 31.4 Å². The number of aromatic hydroxyl groups is 1. The summed E-state index contributed by atoms with van der Waals surface area (Å²) in [5.74, 6) is 0.0716. The van der Waals surface area contributed by atoms with Gasteiger partial charge in [-0.25, -0.2) is 4.79 Å². The highest BCUT2D eigenvalue weighted by molar-refractivity contribution is 5.92. The Hall–Kier alpha value is -2.31. The van der Waals surface area contributed by atoms with Gasteiger partial charge in [0.15, 0.2) is 5.76 Å². The van der Waals surface area contributed by atoms with Gasteiger partial charge in [-0.05, 0) is 12.8 Å². The maximum Gasteiger partial charge on any atom is 0.340 e. The Kier molecular flexibility index (Phi) is 3.18. The minimum Gasteiger partial charge on any atom is -0.508 e. The Morgan fingerprint density at radius 1 is 1.22 bits per heavy atom. The summed E-state index contributed by atoms with van der Waals surface area (Å²) in [6.45, 7) is 1.08. The van der Waals surface area contributed by atoms with Crippen LogP contribution in [0.15, 0.2) is 21.3 Å². The molecule has 0 aromatic carbocycles. The van der Waals surface area contributed by atoms with Crippen molar-refractivity contribution in [3.63, 3.8) is 0 Å². The third-order valence-corrected chi connectivity index (χ3v) is 5.23. The van der Waals surface area contributed by atoms with E-state index in [0.29, 0.717) is 13.1 Å². The van der Waals surface area contributed by atoms with Crippen LogP contribution in [-0.2, 0) is 4.79 Å². The minimum atomic E-state index is -0.747. The number of amides is 2. The Morgan fingerprint density at radius 2 is 1.91 bits per heavy atom. The summed E-state index contributed by atoms with van der Waals surface area (Å²) in [6, 6.07) is 2.25. The van der Waals surface area contributed by atoms with Crippen LogP contribution in [0.1, 0.15) is 29.8 Å². The summed E-state index contributed by atoms with van der Waals surface area (Å²) < 4.78 is 4.85. The molecule has 4 rings (SSSR count). The maximum atomic E-state index is 12.3. The second kappa shape index (κ2) is 5.11. The lowest BCUT2D eigenvalue weighted by molar-refractivity contribution is -0.127. The van der Waals surface area contributed by atoms with Crippen molar-refractivity contribution in [1.29, 1.82) is 0 Å². The summed E-state index contributed by atoms with van der Waals surface area (Å²) >= 11 is 0. The molecule has 7 heteroatoms. The van der Waals surface area contributed by atoms with E-state index in [1.54, 1.807) is 4.90 Å². The van der Waals surface area contributed by atoms with E-state index in [1.165, 1.54) is 0 Å². The lowest BCUT2D eigenvalue weighted by atomic mass is 9.85. The van der Waals surface area contributed by atoms with Crippen LogP contribution in [0.5, 0.6) is 5.75 Å². The van der Waals surface area contributed by atoms with Crippen molar-refractivity contribution in [2.24, 2.45) is 17.8 Å². The van der Waals surface area contributed by atoms with Crippen LogP contribution < -0.4 is 10.9 Å². The van der Waals surface area contributed by atoms with Gasteiger partial charge in [0.05, 0.1) is 6.07 Å². The number of nitrogens with zero attached hydrogens (tertiary/aromatic N) is 1. The number of rotatable bonds is 3. The van der Waals surface area contributed by atoms with Gasteiger partial charge < -0.3 is 19.7 Å². The van der Waals surface area contributed by atoms with Gasteiger partial charge in [-0.1, -0.05) is 6.42 Å². The summed E-state index contributed by atoms with van der Waals surface area (Å²) in [7, 11) is 0. The smallest absolute Gasteiger partial charge is 0.340 e. The van der Waals surface area contributed by atoms with E-state index in [2.05, 4.69) is 5.32 Å². The standard InChI is InChI=1S/C16H18N2O5/c19-9-4-12(23-13(20)5-9)16(22)18-6-10-11(7-18)14(10)17-15(21)8-2-1-3-8/h4-5,8,10-11,14,19H,1-3,6-7H2,(H,17,21)/t10-,11+,14?. The molecule has 1 aliphatic heterocycles. The molecule has 23 heavy (non-hydrogen) atoms. The topological polar surface area (TPSA) is 99.9 Å². The number of carbonyl (C=O) groups excluding carboxylic acids is 2. The van der Waals surface area contributed by atoms with Crippen molar-refractivity contribution in [3.05, 3.63) is 28.3 Å². The molecule has 0 spiro atoms. The number of hydrogen-bond acceptors (Lipinski definition) is 5. The highest BCUT2D eigenvalue weighted by Crippen LogP contribution is 2.46. The SMILES string of the molecule is O=C(NC1[C@H]2CN(C(=O)c3cc(O)cc(=O)o3)C[C@@H]12)C1CCC1. The first-order valence-electron chi connectivity index (χ1n) is 7.97. The van der Waals surface area contributed by atoms with E-state index < -0.39 is 11.5 Å². The van der Waals surface area contributed by atoms with Gasteiger partial charge in [0.1, 0.15) is 5.75 Å². The van der Waals surface area contributed by atoms with Crippen LogP contribution in [0.4, 0.5) is 0 Å². The van der Waals surface area contributed by atoms with E-state index >= 15 is 0 Å². The average molecular weight is 318 g/mol. The zero-order valence-corrected chi connectivity index (χ0v) is 12.5. The van der Waals surface area contributed by atoms with E-state index in [4.69, 9.17) is 4.42 Å². The Labute approximate surface area is 132 Å². The second-order valence-electron chi connectivity index (χ2n) is 6.70. The Balaban J connectivity index is 1.35. The molecule has 3 fully saturated rings. The maximum absolute atomic E-state index is 12.3. The normalized spacial score (nSPS) is 28.9. The first-order chi connectivity index (χ1) is 11.0. The fourth-order valence-electron chi connectivity index (χ4n) is 3.58. The van der Waals surface area contributed by atoms with Crippen molar-refractivity contribution in [1.82, 2.24) is 10.2 Å². The first kappa shape index (κ1) is 14.3. The van der Waals surface area contributed by atoms with Crippen molar-refractivity contribution >= 4 is 11.8 Å². The summed E-state index contributed by atoms with van der Waals surface area (Å²) in [4.78, 5) is 37.1. The van der Waals surface area contributed by atoms with Crippen LogP contribution in [0.2, 0.25) is 0 Å². The molecule has 0 radical (unpaired) electrons. The summed E-state index contributed by atoms with van der Waals surface area (Å²) in [5.41, 5.74) is -0.747. The fraction of sp³-hybridized carbons (Fsp3) is 0.562. The lowest BCUT2D eigenvalue weighted by Crippen LogP contribution is -2.41. The van der Waals surface area contributed by atoms with E-state index in [9.17, 15) is 19.5 Å². The van der Waals surface area contributed by atoms with Crippen LogP contribution >= 0.6 is 0 Å². The number of nitrogens with one attached hydrogen (secondary N) is 1. The third kappa shape index (κ3) is 2.50. The molecule has 2 heterocycles. The minimum absolute atomic E-state index is 0.146. The highest BCUT2D eigenvalue weighted by atomic mass is 16.4. The molecule has 1 saturated heterocycles. The lowest BCUT2D eigenvalue weighted by Gasteiger charge is -2.25. The molecule has 2 aliphatic carbocycles. The van der Waals surface area contributed by atoms with Gasteiger partial charge in [-0.2, -0.15) is 0 Å². The molecule has 122 valence electrons. The van der Waals surface area contributed by atoms with Gasteiger partial charge in [-0.3, -0.25) is 9.59 Å². The van der Waals surface area contributed by atoms with Gasteiger partial charge in [0.25, 0.3) is 5.91 Å². The predicted octanol–water partition coefficient (Wildman–Crippen LogP) is 0.332. The number of carbonyl (C=O) groups is 2. The van der Waals surface area contributed by atoms with Crippen LogP contribution in [0.25, 0.3) is 0 Å². The van der Waals surface area contributed by atoms with Gasteiger partial charge in [0.2, 0.25) is 5.91 Å². The van der Waals surface area contributed by atoms with Gasteiger partial charge in [-0.15, -0.1) is 0 Å². The first-order valence-corrected chi connectivity index (χ1v) is 7.97. The van der Waals surface area contributed by atoms with Crippen LogP contribution in [-0.4, -0.2) is 41.0 Å².